The summed E-state index contributed by atoms with van der Waals surface area (Å²) in [6, 6.07) is 16.9. The number of nitrogens with one attached hydrogen (secondary N) is 1. The van der Waals surface area contributed by atoms with Gasteiger partial charge in [0.15, 0.2) is 0 Å². The first-order valence-electron chi connectivity index (χ1n) is 7.24. The maximum atomic E-state index is 12.2. The van der Waals surface area contributed by atoms with Gasteiger partial charge in [0.05, 0.1) is 5.25 Å². The average Bonchev–Trinajstić information content (AvgIpc) is 3.05. The largest absolute Gasteiger partial charge is 0.411 e. The van der Waals surface area contributed by atoms with Crippen LogP contribution in [0.2, 0.25) is 0 Å². The third-order valence-corrected chi connectivity index (χ3v) is 4.65. The van der Waals surface area contributed by atoms with Crippen LogP contribution in [0.5, 0.6) is 0 Å². The normalized spacial score (nSPS) is 11.9. The van der Waals surface area contributed by atoms with E-state index in [9.17, 15) is 4.79 Å². The number of aromatic nitrogens is 2. The molecule has 7 heteroatoms. The van der Waals surface area contributed by atoms with Crippen LogP contribution < -0.4 is 5.32 Å². The first-order chi connectivity index (χ1) is 11.6. The van der Waals surface area contributed by atoms with Gasteiger partial charge in [0.2, 0.25) is 11.8 Å². The van der Waals surface area contributed by atoms with Gasteiger partial charge in [-0.1, -0.05) is 45.9 Å². The van der Waals surface area contributed by atoms with Crippen LogP contribution in [-0.2, 0) is 4.79 Å². The van der Waals surface area contributed by atoms with Crippen molar-refractivity contribution in [2.45, 2.75) is 17.4 Å². The molecule has 0 aliphatic rings. The number of rotatable bonds is 5. The fraction of sp³-hybridized carbons (Fsp3) is 0.118. The van der Waals surface area contributed by atoms with Crippen molar-refractivity contribution in [1.29, 1.82) is 0 Å². The number of benzene rings is 2. The molecule has 0 saturated heterocycles. The van der Waals surface area contributed by atoms with Gasteiger partial charge in [0.1, 0.15) is 0 Å². The Balaban J connectivity index is 1.63. The lowest BCUT2D eigenvalue weighted by Crippen LogP contribution is -2.22. The van der Waals surface area contributed by atoms with Crippen LogP contribution >= 0.6 is 27.7 Å². The minimum absolute atomic E-state index is 0.116. The van der Waals surface area contributed by atoms with Crippen molar-refractivity contribution < 1.29 is 9.21 Å². The first kappa shape index (κ1) is 16.7. The summed E-state index contributed by atoms with van der Waals surface area (Å²) in [5.41, 5.74) is 1.59. The molecule has 0 spiro atoms. The summed E-state index contributed by atoms with van der Waals surface area (Å²) in [4.78, 5) is 12.2. The van der Waals surface area contributed by atoms with Crippen molar-refractivity contribution in [2.75, 3.05) is 5.32 Å². The summed E-state index contributed by atoms with van der Waals surface area (Å²) < 4.78 is 6.60. The van der Waals surface area contributed by atoms with E-state index in [1.54, 1.807) is 6.92 Å². The van der Waals surface area contributed by atoms with Crippen molar-refractivity contribution in [1.82, 2.24) is 10.2 Å². The van der Waals surface area contributed by atoms with Crippen LogP contribution in [0.25, 0.3) is 11.5 Å². The van der Waals surface area contributed by atoms with Crippen LogP contribution in [0.15, 0.2) is 68.7 Å². The molecule has 1 aromatic heterocycles. The number of halogens is 1. The number of para-hydroxylation sites is 1. The molecule has 0 bridgehead atoms. The second-order valence-corrected chi connectivity index (χ2v) is 7.20. The Labute approximate surface area is 152 Å². The molecule has 1 amide bonds. The van der Waals surface area contributed by atoms with Crippen molar-refractivity contribution in [3.05, 3.63) is 59.1 Å². The maximum Gasteiger partial charge on any atom is 0.277 e. The van der Waals surface area contributed by atoms with Crippen molar-refractivity contribution in [2.24, 2.45) is 0 Å². The van der Waals surface area contributed by atoms with Gasteiger partial charge in [0, 0.05) is 15.7 Å². The van der Waals surface area contributed by atoms with E-state index in [1.165, 1.54) is 11.8 Å². The van der Waals surface area contributed by atoms with E-state index >= 15 is 0 Å². The molecule has 3 aromatic rings. The Morgan fingerprint density at radius 2 is 1.83 bits per heavy atom. The zero-order valence-electron chi connectivity index (χ0n) is 12.8. The molecule has 5 nitrogen and oxygen atoms in total. The molecule has 1 heterocycles. The van der Waals surface area contributed by atoms with Gasteiger partial charge in [-0.05, 0) is 43.3 Å². The Hall–Kier alpha value is -2.12. The monoisotopic (exact) mass is 403 g/mol. The van der Waals surface area contributed by atoms with Crippen LogP contribution in [0.3, 0.4) is 0 Å². The molecule has 1 N–H and O–H groups in total. The van der Waals surface area contributed by atoms with Crippen molar-refractivity contribution >= 4 is 39.3 Å². The zero-order chi connectivity index (χ0) is 16.9. The highest BCUT2D eigenvalue weighted by molar-refractivity contribution is 9.10. The Morgan fingerprint density at radius 1 is 1.12 bits per heavy atom. The van der Waals surface area contributed by atoms with Gasteiger partial charge < -0.3 is 9.73 Å². The second-order valence-electron chi connectivity index (χ2n) is 5.00. The first-order valence-corrected chi connectivity index (χ1v) is 8.91. The molecule has 1 unspecified atom stereocenters. The number of anilines is 1. The smallest absolute Gasteiger partial charge is 0.277 e. The summed E-state index contributed by atoms with van der Waals surface area (Å²) in [6.45, 7) is 1.80. The van der Waals surface area contributed by atoms with Crippen molar-refractivity contribution in [3.8, 4) is 11.5 Å². The summed E-state index contributed by atoms with van der Waals surface area (Å²) in [7, 11) is 0. The summed E-state index contributed by atoms with van der Waals surface area (Å²) >= 11 is 4.61. The lowest BCUT2D eigenvalue weighted by molar-refractivity contribution is -0.115. The number of amides is 1. The minimum atomic E-state index is -0.358. The minimum Gasteiger partial charge on any atom is -0.411 e. The van der Waals surface area contributed by atoms with Gasteiger partial charge in [-0.25, -0.2) is 0 Å². The third-order valence-electron chi connectivity index (χ3n) is 3.19. The van der Waals surface area contributed by atoms with E-state index in [2.05, 4.69) is 31.4 Å². The summed E-state index contributed by atoms with van der Waals surface area (Å²) in [5.74, 6) is 0.315. The van der Waals surface area contributed by atoms with E-state index in [1.807, 2.05) is 54.6 Å². The van der Waals surface area contributed by atoms with Crippen LogP contribution in [0.4, 0.5) is 5.69 Å². The number of nitrogens with zero attached hydrogens (tertiary/aromatic N) is 2. The fourth-order valence-electron chi connectivity index (χ4n) is 1.94. The zero-order valence-corrected chi connectivity index (χ0v) is 15.2. The third kappa shape index (κ3) is 4.24. The van der Waals surface area contributed by atoms with E-state index in [4.69, 9.17) is 4.42 Å². The highest BCUT2D eigenvalue weighted by Gasteiger charge is 2.18. The average molecular weight is 404 g/mol. The second kappa shape index (κ2) is 7.63. The lowest BCUT2D eigenvalue weighted by atomic mass is 10.2. The molecule has 122 valence electrons. The van der Waals surface area contributed by atoms with Gasteiger partial charge in [-0.15, -0.1) is 10.2 Å². The van der Waals surface area contributed by atoms with Crippen molar-refractivity contribution in [3.63, 3.8) is 0 Å². The van der Waals surface area contributed by atoms with E-state index < -0.39 is 0 Å². The number of thioether (sulfide) groups is 1. The van der Waals surface area contributed by atoms with Gasteiger partial charge in [-0.3, -0.25) is 4.79 Å². The molecule has 1 atom stereocenters. The van der Waals surface area contributed by atoms with E-state index in [0.29, 0.717) is 11.1 Å². The number of hydrogen-bond acceptors (Lipinski definition) is 5. The van der Waals surface area contributed by atoms with Gasteiger partial charge in [-0.2, -0.15) is 0 Å². The quantitative estimate of drug-likeness (QED) is 0.629. The number of carbonyl (C=O) groups is 1. The molecule has 24 heavy (non-hydrogen) atoms. The molecule has 0 saturated carbocycles. The predicted octanol–water partition coefficient (Wildman–Crippen LogP) is 4.62. The van der Waals surface area contributed by atoms with Gasteiger partial charge >= 0.3 is 0 Å². The predicted molar refractivity (Wildman–Crippen MR) is 97.8 cm³/mol. The SMILES string of the molecule is CC(Sc1nnc(-c2ccc(Br)cc2)o1)C(=O)Nc1ccccc1. The fourth-order valence-corrected chi connectivity index (χ4v) is 2.88. The molecule has 0 aliphatic carbocycles. The molecule has 0 fully saturated rings. The number of carbonyl (C=O) groups excluding carboxylic acids is 1. The molecular weight excluding hydrogens is 390 g/mol. The lowest BCUT2D eigenvalue weighted by Gasteiger charge is -2.09. The van der Waals surface area contributed by atoms with Crippen LogP contribution in [0, 0.1) is 0 Å². The highest BCUT2D eigenvalue weighted by atomic mass is 79.9. The molecule has 3 rings (SSSR count). The van der Waals surface area contributed by atoms with Crippen LogP contribution in [-0.4, -0.2) is 21.4 Å². The standard InChI is InChI=1S/C17H14BrN3O2S/c1-11(15(22)19-14-5-3-2-4-6-14)24-17-21-20-16(23-17)12-7-9-13(18)10-8-12/h2-11H,1H3,(H,19,22). The summed E-state index contributed by atoms with van der Waals surface area (Å²) in [5, 5.41) is 10.9. The van der Waals surface area contributed by atoms with Crippen LogP contribution in [0.1, 0.15) is 6.92 Å². The van der Waals surface area contributed by atoms with Gasteiger partial charge in [0.25, 0.3) is 5.22 Å². The Kier molecular flexibility index (Phi) is 5.32. The van der Waals surface area contributed by atoms with E-state index in [-0.39, 0.29) is 11.2 Å². The summed E-state index contributed by atoms with van der Waals surface area (Å²) in [6.07, 6.45) is 0. The Bertz CT molecular complexity index is 821. The Morgan fingerprint density at radius 3 is 2.54 bits per heavy atom. The van der Waals surface area contributed by atoms with E-state index in [0.717, 1.165) is 15.7 Å². The molecule has 0 radical (unpaired) electrons. The molecule has 0 aliphatic heterocycles. The molecular formula is C17H14BrN3O2S. The number of hydrogen-bond donors (Lipinski definition) is 1. The molecule has 2 aromatic carbocycles. The topological polar surface area (TPSA) is 68.0 Å². The highest BCUT2D eigenvalue weighted by Crippen LogP contribution is 2.27. The maximum absolute atomic E-state index is 12.2.